The molecule has 0 aromatic carbocycles. The van der Waals surface area contributed by atoms with Gasteiger partial charge in [-0.2, -0.15) is 0 Å². The first-order valence-corrected chi connectivity index (χ1v) is 10.3. The molecule has 4 nitrogen and oxygen atoms in total. The Morgan fingerprint density at radius 1 is 0.818 bits per heavy atom. The molecule has 0 atom stereocenters. The fourth-order valence-electron chi connectivity index (χ4n) is 2.42. The zero-order valence-corrected chi connectivity index (χ0v) is 15.7. The number of hydrogen-bond acceptors (Lipinski definition) is 6. The number of rotatable bonds is 7. The predicted molar refractivity (Wildman–Crippen MR) is 101 cm³/mol. The number of thiocarbonyl (C=S) groups is 2. The average Bonchev–Trinajstić information content (AvgIpc) is 3.10. The van der Waals surface area contributed by atoms with E-state index in [0.717, 1.165) is 58.9 Å². The molecule has 2 fully saturated rings. The summed E-state index contributed by atoms with van der Waals surface area (Å²) < 4.78 is 1.44. The minimum Gasteiger partial charge on any atom is -0.297 e. The summed E-state index contributed by atoms with van der Waals surface area (Å²) in [5.74, 6) is 2.13. The van der Waals surface area contributed by atoms with Crippen LogP contribution in [0.4, 0.5) is 0 Å². The lowest BCUT2D eigenvalue weighted by molar-refractivity contribution is -0.128. The highest BCUT2D eigenvalue weighted by molar-refractivity contribution is 8.23. The summed E-state index contributed by atoms with van der Waals surface area (Å²) in [6.45, 7) is 1.51. The van der Waals surface area contributed by atoms with Crippen LogP contribution in [0.1, 0.15) is 38.5 Å². The molecular weight excluding hydrogens is 356 g/mol. The van der Waals surface area contributed by atoms with Crippen LogP contribution in [0.25, 0.3) is 0 Å². The lowest BCUT2D eigenvalue weighted by Crippen LogP contribution is -2.30. The quantitative estimate of drug-likeness (QED) is 0.502. The second-order valence-electron chi connectivity index (χ2n) is 5.23. The third kappa shape index (κ3) is 5.18. The van der Waals surface area contributed by atoms with Gasteiger partial charge >= 0.3 is 0 Å². The van der Waals surface area contributed by atoms with Crippen molar-refractivity contribution in [1.29, 1.82) is 0 Å². The van der Waals surface area contributed by atoms with Crippen LogP contribution in [0.15, 0.2) is 0 Å². The summed E-state index contributed by atoms with van der Waals surface area (Å²) in [7, 11) is 0. The molecule has 0 aromatic rings. The molecule has 8 heteroatoms. The number of unbranched alkanes of at least 4 members (excludes halogenated alkanes) is 3. The van der Waals surface area contributed by atoms with Crippen LogP contribution in [0, 0.1) is 0 Å². The third-order valence-electron chi connectivity index (χ3n) is 3.66. The van der Waals surface area contributed by atoms with Gasteiger partial charge in [-0.3, -0.25) is 19.4 Å². The molecule has 2 heterocycles. The molecule has 2 saturated heterocycles. The van der Waals surface area contributed by atoms with Gasteiger partial charge in [-0.1, -0.05) is 60.8 Å². The van der Waals surface area contributed by atoms with E-state index in [0.29, 0.717) is 12.8 Å². The molecule has 2 aliphatic rings. The maximum absolute atomic E-state index is 12.0. The third-order valence-corrected chi connectivity index (χ3v) is 6.51. The lowest BCUT2D eigenvalue weighted by atomic mass is 10.1. The molecule has 2 rings (SSSR count). The van der Waals surface area contributed by atoms with Gasteiger partial charge in [0.25, 0.3) is 0 Å². The SMILES string of the molecule is O=C(CCCCCCC(=O)N1CCSC1=S)N1CCSC1=S. The van der Waals surface area contributed by atoms with Crippen LogP contribution in [0.2, 0.25) is 0 Å². The minimum atomic E-state index is 0.144. The van der Waals surface area contributed by atoms with Crippen molar-refractivity contribution in [3.05, 3.63) is 0 Å². The Morgan fingerprint density at radius 3 is 1.55 bits per heavy atom. The Bertz CT molecular complexity index is 428. The molecule has 22 heavy (non-hydrogen) atoms. The summed E-state index contributed by atoms with van der Waals surface area (Å²) in [5.41, 5.74) is 0. The molecule has 0 bridgehead atoms. The van der Waals surface area contributed by atoms with Crippen molar-refractivity contribution in [3.63, 3.8) is 0 Å². The standard InChI is InChI=1S/C14H20N2O2S4/c17-11(15-7-9-21-13(15)19)5-3-1-2-4-6-12(18)16-8-10-22-14(16)20/h1-10H2. The number of carbonyl (C=O) groups is 2. The Kier molecular flexibility index (Phi) is 7.59. The largest absolute Gasteiger partial charge is 0.297 e. The van der Waals surface area contributed by atoms with E-state index in [1.54, 1.807) is 33.3 Å². The molecule has 122 valence electrons. The topological polar surface area (TPSA) is 40.6 Å². The van der Waals surface area contributed by atoms with Crippen LogP contribution < -0.4 is 0 Å². The Morgan fingerprint density at radius 2 is 1.23 bits per heavy atom. The van der Waals surface area contributed by atoms with E-state index < -0.39 is 0 Å². The second-order valence-corrected chi connectivity index (χ2v) is 8.69. The van der Waals surface area contributed by atoms with E-state index >= 15 is 0 Å². The monoisotopic (exact) mass is 376 g/mol. The molecule has 0 radical (unpaired) electrons. The van der Waals surface area contributed by atoms with E-state index in [1.165, 1.54) is 0 Å². The Balaban J connectivity index is 1.52. The number of hydrogen-bond donors (Lipinski definition) is 0. The van der Waals surface area contributed by atoms with Gasteiger partial charge in [0.1, 0.15) is 8.64 Å². The van der Waals surface area contributed by atoms with Gasteiger partial charge in [0, 0.05) is 37.4 Å². The van der Waals surface area contributed by atoms with Gasteiger partial charge in [0.05, 0.1) is 0 Å². The fraction of sp³-hybridized carbons (Fsp3) is 0.714. The van der Waals surface area contributed by atoms with Gasteiger partial charge in [-0.25, -0.2) is 0 Å². The van der Waals surface area contributed by atoms with Gasteiger partial charge in [-0.15, -0.1) is 0 Å². The van der Waals surface area contributed by atoms with Gasteiger partial charge in [0.15, 0.2) is 0 Å². The zero-order chi connectivity index (χ0) is 15.9. The van der Waals surface area contributed by atoms with Crippen molar-refractivity contribution < 1.29 is 9.59 Å². The molecule has 2 amide bonds. The molecule has 0 aromatic heterocycles. The molecule has 2 aliphatic heterocycles. The second kappa shape index (κ2) is 9.20. The molecule has 0 N–H and O–H groups in total. The molecular formula is C14H20N2O2S4. The summed E-state index contributed by atoms with van der Waals surface area (Å²) in [6.07, 6.45) is 4.81. The first-order valence-electron chi connectivity index (χ1n) is 7.54. The Labute approximate surface area is 150 Å². The zero-order valence-electron chi connectivity index (χ0n) is 12.4. The summed E-state index contributed by atoms with van der Waals surface area (Å²) >= 11 is 13.4. The van der Waals surface area contributed by atoms with Crippen molar-refractivity contribution in [3.8, 4) is 0 Å². The minimum absolute atomic E-state index is 0.144. The number of amides is 2. The summed E-state index contributed by atoms with van der Waals surface area (Å²) in [5, 5.41) is 0. The van der Waals surface area contributed by atoms with E-state index in [1.807, 2.05) is 0 Å². The van der Waals surface area contributed by atoms with Gasteiger partial charge in [-0.05, 0) is 12.8 Å². The van der Waals surface area contributed by atoms with Crippen molar-refractivity contribution in [1.82, 2.24) is 9.80 Å². The van der Waals surface area contributed by atoms with Crippen LogP contribution >= 0.6 is 48.0 Å². The first kappa shape index (κ1) is 18.2. The maximum atomic E-state index is 12.0. The van der Waals surface area contributed by atoms with E-state index in [4.69, 9.17) is 24.4 Å². The van der Waals surface area contributed by atoms with Crippen LogP contribution in [0.5, 0.6) is 0 Å². The normalized spacial score (nSPS) is 18.4. The average molecular weight is 377 g/mol. The van der Waals surface area contributed by atoms with Crippen LogP contribution in [-0.4, -0.2) is 54.9 Å². The van der Waals surface area contributed by atoms with Crippen molar-refractivity contribution in [2.45, 2.75) is 38.5 Å². The maximum Gasteiger partial charge on any atom is 0.228 e. The van der Waals surface area contributed by atoms with Crippen molar-refractivity contribution in [2.24, 2.45) is 0 Å². The number of carbonyl (C=O) groups excluding carboxylic acids is 2. The molecule has 0 aliphatic carbocycles. The number of thioether (sulfide) groups is 2. The summed E-state index contributed by atoms with van der Waals surface area (Å²) in [4.78, 5) is 27.3. The van der Waals surface area contributed by atoms with E-state index in [-0.39, 0.29) is 11.8 Å². The van der Waals surface area contributed by atoms with Crippen molar-refractivity contribution >= 4 is 68.4 Å². The van der Waals surface area contributed by atoms with Crippen LogP contribution in [-0.2, 0) is 9.59 Å². The van der Waals surface area contributed by atoms with E-state index in [2.05, 4.69) is 0 Å². The highest BCUT2D eigenvalue weighted by Gasteiger charge is 2.24. The summed E-state index contributed by atoms with van der Waals surface area (Å²) in [6, 6.07) is 0. The molecule has 0 spiro atoms. The number of nitrogens with zero attached hydrogens (tertiary/aromatic N) is 2. The predicted octanol–water partition coefficient (Wildman–Crippen LogP) is 3.05. The van der Waals surface area contributed by atoms with Crippen molar-refractivity contribution in [2.75, 3.05) is 24.6 Å². The van der Waals surface area contributed by atoms with Gasteiger partial charge in [0.2, 0.25) is 11.8 Å². The Hall–Kier alpha value is -0.180. The lowest BCUT2D eigenvalue weighted by Gasteiger charge is -2.15. The smallest absolute Gasteiger partial charge is 0.228 e. The first-order chi connectivity index (χ1) is 10.6. The molecule has 0 saturated carbocycles. The van der Waals surface area contributed by atoms with E-state index in [9.17, 15) is 9.59 Å². The highest BCUT2D eigenvalue weighted by Crippen LogP contribution is 2.21. The molecule has 0 unspecified atom stereocenters. The fourth-order valence-corrected chi connectivity index (χ4v) is 4.90. The van der Waals surface area contributed by atoms with Gasteiger partial charge < -0.3 is 0 Å². The van der Waals surface area contributed by atoms with Crippen LogP contribution in [0.3, 0.4) is 0 Å². The highest BCUT2D eigenvalue weighted by atomic mass is 32.2.